The van der Waals surface area contributed by atoms with Crippen LogP contribution in [0.15, 0.2) is 23.2 Å². The summed E-state index contributed by atoms with van der Waals surface area (Å²) < 4.78 is 68.5. The number of hydrogen-bond acceptors (Lipinski definition) is 5. The second-order valence-electron chi connectivity index (χ2n) is 9.40. The molecule has 216 valence electrons. The van der Waals surface area contributed by atoms with Crippen LogP contribution >= 0.6 is 0 Å². The lowest BCUT2D eigenvalue weighted by molar-refractivity contribution is -0.148. The molecule has 3 rings (SSSR count). The molecular weight excluding hydrogens is 542 g/mol. The number of piperidine rings is 1. The smallest absolute Gasteiger partial charge is 0.311 e. The molecule has 0 spiro atoms. The van der Waals surface area contributed by atoms with Crippen LogP contribution in [0, 0.1) is 28.7 Å². The number of anilines is 1. The van der Waals surface area contributed by atoms with Gasteiger partial charge in [0.05, 0.1) is 0 Å². The van der Waals surface area contributed by atoms with Crippen molar-refractivity contribution in [1.29, 1.82) is 0 Å². The molecule has 14 heteroatoms. The quantitative estimate of drug-likeness (QED) is 0.204. The normalized spacial score (nSPS) is 17.1. The summed E-state index contributed by atoms with van der Waals surface area (Å²) in [6.45, 7) is 8.67. The number of aldehydes is 1. The molecular formula is C25H33F4N5O4S. The Labute approximate surface area is 226 Å². The van der Waals surface area contributed by atoms with Gasteiger partial charge in [-0.15, -0.1) is 0 Å². The minimum absolute atomic E-state index is 0.0689. The molecule has 2 heterocycles. The van der Waals surface area contributed by atoms with E-state index in [0.29, 0.717) is 38.9 Å². The van der Waals surface area contributed by atoms with E-state index in [0.717, 1.165) is 12.1 Å². The molecule has 2 amide bonds. The second kappa shape index (κ2) is 13.7. The molecule has 39 heavy (non-hydrogen) atoms. The third kappa shape index (κ3) is 7.66. The van der Waals surface area contributed by atoms with Crippen LogP contribution in [0.1, 0.15) is 44.6 Å². The number of aromatic nitrogens is 1. The number of rotatable bonds is 7. The summed E-state index contributed by atoms with van der Waals surface area (Å²) in [6, 6.07) is 1.51. The van der Waals surface area contributed by atoms with Gasteiger partial charge in [-0.25, -0.2) is 26.5 Å². The first-order valence-corrected chi connectivity index (χ1v) is 13.4. The molecule has 0 bridgehead atoms. The molecule has 1 fully saturated rings. The average molecular weight is 576 g/mol. The maximum absolute atomic E-state index is 14.4. The Balaban J connectivity index is 0.000000404. The van der Waals surface area contributed by atoms with E-state index in [4.69, 9.17) is 0 Å². The van der Waals surface area contributed by atoms with Gasteiger partial charge in [-0.05, 0) is 25.7 Å². The van der Waals surface area contributed by atoms with Crippen LogP contribution in [-0.4, -0.2) is 64.5 Å². The largest absolute Gasteiger partial charge is 0.388 e. The van der Waals surface area contributed by atoms with Gasteiger partial charge in [0.15, 0.2) is 29.6 Å². The van der Waals surface area contributed by atoms with Crippen molar-refractivity contribution in [3.63, 3.8) is 0 Å². The van der Waals surface area contributed by atoms with Crippen molar-refractivity contribution in [1.82, 2.24) is 19.5 Å². The van der Waals surface area contributed by atoms with Crippen LogP contribution < -0.4 is 15.4 Å². The molecule has 1 saturated heterocycles. The zero-order chi connectivity index (χ0) is 29.5. The van der Waals surface area contributed by atoms with Crippen molar-refractivity contribution >= 4 is 34.8 Å². The molecule has 9 nitrogen and oxygen atoms in total. The fourth-order valence-electron chi connectivity index (χ4n) is 4.05. The minimum Gasteiger partial charge on any atom is -0.388 e. The molecule has 2 aromatic rings. The molecule has 1 aliphatic rings. The zero-order valence-electron chi connectivity index (χ0n) is 22.4. The number of aryl methyl sites for hydroxylation is 1. The van der Waals surface area contributed by atoms with Gasteiger partial charge in [0, 0.05) is 63.3 Å². The van der Waals surface area contributed by atoms with Crippen molar-refractivity contribution in [3.8, 4) is 0 Å². The van der Waals surface area contributed by atoms with Crippen LogP contribution in [0.5, 0.6) is 0 Å². The monoisotopic (exact) mass is 575 g/mol. The number of nitrogens with zero attached hydrogens (tertiary/aromatic N) is 2. The summed E-state index contributed by atoms with van der Waals surface area (Å²) in [5.41, 5.74) is -0.413. The number of hydrogen-bond donors (Lipinski definition) is 3. The fourth-order valence-corrected chi connectivity index (χ4v) is 5.36. The summed E-state index contributed by atoms with van der Waals surface area (Å²) in [5.74, 6) is -5.83. The van der Waals surface area contributed by atoms with Gasteiger partial charge in [-0.2, -0.15) is 0 Å². The highest BCUT2D eigenvalue weighted by Crippen LogP contribution is 2.30. The maximum atomic E-state index is 14.4. The third-order valence-corrected chi connectivity index (χ3v) is 7.43. The molecule has 0 radical (unpaired) electrons. The summed E-state index contributed by atoms with van der Waals surface area (Å²) >= 11 is 0. The van der Waals surface area contributed by atoms with E-state index < -0.39 is 51.5 Å². The third-order valence-electron chi connectivity index (χ3n) is 6.25. The van der Waals surface area contributed by atoms with E-state index in [1.807, 2.05) is 13.8 Å². The van der Waals surface area contributed by atoms with E-state index in [1.165, 1.54) is 22.7 Å². The number of amides is 2. The number of likely N-dealkylation sites (tertiary alicyclic amines) is 1. The Bertz CT molecular complexity index is 1210. The van der Waals surface area contributed by atoms with Gasteiger partial charge in [0.1, 0.15) is 21.6 Å². The van der Waals surface area contributed by atoms with Crippen LogP contribution in [-0.2, 0) is 27.1 Å². The molecule has 0 aliphatic carbocycles. The number of benzene rings is 1. The van der Waals surface area contributed by atoms with E-state index in [-0.39, 0.29) is 22.3 Å². The highest BCUT2D eigenvalue weighted by atomic mass is 32.2. The summed E-state index contributed by atoms with van der Waals surface area (Å²) in [5, 5.41) is 4.98. The maximum Gasteiger partial charge on any atom is 0.311 e. The highest BCUT2D eigenvalue weighted by molar-refractivity contribution is 7.83. The van der Waals surface area contributed by atoms with Crippen LogP contribution in [0.2, 0.25) is 0 Å². The van der Waals surface area contributed by atoms with Gasteiger partial charge in [0.2, 0.25) is 0 Å². The van der Waals surface area contributed by atoms with Gasteiger partial charge in [-0.1, -0.05) is 13.8 Å². The average Bonchev–Trinajstić information content (AvgIpc) is 3.23. The van der Waals surface area contributed by atoms with E-state index in [2.05, 4.69) is 15.4 Å². The van der Waals surface area contributed by atoms with Crippen LogP contribution in [0.4, 0.5) is 23.2 Å². The van der Waals surface area contributed by atoms with Crippen molar-refractivity contribution in [2.24, 2.45) is 5.41 Å². The van der Waals surface area contributed by atoms with Gasteiger partial charge >= 0.3 is 11.8 Å². The number of carbonyl (C=O) groups excluding carboxylic acids is 3. The van der Waals surface area contributed by atoms with Crippen molar-refractivity contribution in [3.05, 3.63) is 47.3 Å². The van der Waals surface area contributed by atoms with E-state index in [9.17, 15) is 36.2 Å². The SMILES string of the molecule is CCNC(=O)C(=O)N1CCC(NS(=O)c2cn(CC)c(C=O)c2F)C(C)(C)C1.CNc1cc(F)c(F)c(F)c1. The number of nitrogens with one attached hydrogen (secondary N) is 3. The molecule has 1 aromatic heterocycles. The lowest BCUT2D eigenvalue weighted by Gasteiger charge is -2.43. The van der Waals surface area contributed by atoms with Crippen molar-refractivity contribution in [2.45, 2.75) is 51.6 Å². The Hall–Kier alpha value is -3.26. The van der Waals surface area contributed by atoms with Crippen LogP contribution in [0.25, 0.3) is 0 Å². The Morgan fingerprint density at radius 1 is 1.13 bits per heavy atom. The van der Waals surface area contributed by atoms with Gasteiger partial charge in [0.25, 0.3) is 0 Å². The summed E-state index contributed by atoms with van der Waals surface area (Å²) in [6.07, 6.45) is 2.25. The molecule has 1 aliphatic heterocycles. The summed E-state index contributed by atoms with van der Waals surface area (Å²) in [7, 11) is -0.361. The Morgan fingerprint density at radius 2 is 1.74 bits per heavy atom. The minimum atomic E-state index is -1.85. The Morgan fingerprint density at radius 3 is 2.21 bits per heavy atom. The fraction of sp³-hybridized carbons (Fsp3) is 0.480. The van der Waals surface area contributed by atoms with Gasteiger partial charge in [-0.3, -0.25) is 14.4 Å². The topological polar surface area (TPSA) is 113 Å². The highest BCUT2D eigenvalue weighted by Gasteiger charge is 2.40. The second-order valence-corrected chi connectivity index (χ2v) is 10.6. The number of likely N-dealkylation sites (N-methyl/N-ethyl adjacent to an activating group) is 1. The lowest BCUT2D eigenvalue weighted by atomic mass is 9.79. The number of carbonyl (C=O) groups is 3. The Kier molecular flexibility index (Phi) is 11.2. The van der Waals surface area contributed by atoms with Crippen molar-refractivity contribution in [2.75, 3.05) is 32.0 Å². The molecule has 2 atom stereocenters. The lowest BCUT2D eigenvalue weighted by Crippen LogP contribution is -2.58. The standard InChI is InChI=1S/C18H27FN4O4S.C7H6F3N/c1-5-20-16(25)17(26)23-8-7-14(18(3,4)11-23)21-28(27)13-9-22(6-2)12(10-24)15(13)19;1-11-4-2-5(8)7(10)6(9)3-4/h9-10,14,21H,5-8,11H2,1-4H3,(H,20,25);2-3,11H,1H3. The first-order chi connectivity index (χ1) is 18.3. The zero-order valence-corrected chi connectivity index (χ0v) is 23.2. The van der Waals surface area contributed by atoms with Crippen molar-refractivity contribution < 1.29 is 36.2 Å². The predicted octanol–water partition coefficient (Wildman–Crippen LogP) is 2.98. The number of halogens is 4. The molecule has 0 saturated carbocycles. The van der Waals surface area contributed by atoms with E-state index >= 15 is 0 Å². The van der Waals surface area contributed by atoms with Crippen LogP contribution in [0.3, 0.4) is 0 Å². The first-order valence-electron chi connectivity index (χ1n) is 12.2. The van der Waals surface area contributed by atoms with E-state index in [1.54, 1.807) is 13.8 Å². The molecule has 2 unspecified atom stereocenters. The summed E-state index contributed by atoms with van der Waals surface area (Å²) in [4.78, 5) is 36.5. The predicted molar refractivity (Wildman–Crippen MR) is 138 cm³/mol. The molecule has 3 N–H and O–H groups in total. The van der Waals surface area contributed by atoms with Gasteiger partial charge < -0.3 is 20.1 Å². The molecule has 1 aromatic carbocycles. The first kappa shape index (κ1) is 32.0.